The van der Waals surface area contributed by atoms with Crippen LogP contribution in [-0.2, 0) is 17.8 Å². The molecule has 3 nitrogen and oxygen atoms in total. The second kappa shape index (κ2) is 6.61. The molecule has 3 rings (SSSR count). The van der Waals surface area contributed by atoms with Crippen molar-refractivity contribution in [3.8, 4) is 0 Å². The van der Waals surface area contributed by atoms with Gasteiger partial charge in [-0.25, -0.2) is 0 Å². The highest BCUT2D eigenvalue weighted by molar-refractivity contribution is 5.70. The van der Waals surface area contributed by atoms with E-state index in [1.54, 1.807) is 0 Å². The Bertz CT molecular complexity index is 480. The number of nitrogens with zero attached hydrogens (tertiary/aromatic N) is 1. The summed E-state index contributed by atoms with van der Waals surface area (Å²) in [7, 11) is 0. The third kappa shape index (κ3) is 3.65. The van der Waals surface area contributed by atoms with Gasteiger partial charge in [-0.15, -0.1) is 0 Å². The van der Waals surface area contributed by atoms with E-state index in [1.165, 1.54) is 50.6 Å². The lowest BCUT2D eigenvalue weighted by Gasteiger charge is -2.44. The zero-order valence-electron chi connectivity index (χ0n) is 12.6. The van der Waals surface area contributed by atoms with Crippen molar-refractivity contribution in [1.29, 1.82) is 0 Å². The molecule has 1 aromatic rings. The summed E-state index contributed by atoms with van der Waals surface area (Å²) < 4.78 is 0. The zero-order chi connectivity index (χ0) is 14.7. The average molecular weight is 287 g/mol. The lowest BCUT2D eigenvalue weighted by atomic mass is 9.78. The molecule has 1 saturated heterocycles. The maximum atomic E-state index is 10.7. The molecule has 1 N–H and O–H groups in total. The topological polar surface area (TPSA) is 40.5 Å². The van der Waals surface area contributed by atoms with Gasteiger partial charge in [-0.2, -0.15) is 0 Å². The van der Waals surface area contributed by atoms with Gasteiger partial charge in [0.2, 0.25) is 0 Å². The van der Waals surface area contributed by atoms with Crippen LogP contribution in [0, 0.1) is 5.92 Å². The third-order valence-corrected chi connectivity index (χ3v) is 5.12. The second-order valence-corrected chi connectivity index (χ2v) is 6.61. The number of rotatable bonds is 4. The van der Waals surface area contributed by atoms with Crippen LogP contribution in [0.2, 0.25) is 0 Å². The van der Waals surface area contributed by atoms with E-state index in [0.29, 0.717) is 0 Å². The molecule has 0 aromatic heterocycles. The van der Waals surface area contributed by atoms with Crippen LogP contribution in [-0.4, -0.2) is 28.6 Å². The van der Waals surface area contributed by atoms with Crippen molar-refractivity contribution in [2.24, 2.45) is 5.92 Å². The summed E-state index contributed by atoms with van der Waals surface area (Å²) in [5.41, 5.74) is 2.20. The molecule has 1 heterocycles. The van der Waals surface area contributed by atoms with Crippen molar-refractivity contribution in [1.82, 2.24) is 4.90 Å². The number of benzene rings is 1. The average Bonchev–Trinajstić information content (AvgIpc) is 2.49. The number of carbonyl (C=O) groups is 1. The first-order valence-corrected chi connectivity index (χ1v) is 8.26. The van der Waals surface area contributed by atoms with E-state index in [-0.39, 0.29) is 6.42 Å². The first-order chi connectivity index (χ1) is 10.2. The Morgan fingerprint density at radius 3 is 2.48 bits per heavy atom. The van der Waals surface area contributed by atoms with Crippen molar-refractivity contribution in [3.05, 3.63) is 35.4 Å². The second-order valence-electron chi connectivity index (χ2n) is 6.61. The molecule has 2 aliphatic rings. The summed E-state index contributed by atoms with van der Waals surface area (Å²) in [5.74, 6) is 0.155. The standard InChI is InChI=1S/C18H25NO2/c20-18(21)12-14-7-9-15(10-8-14)13-19-11-3-5-16-4-1-2-6-17(16)19/h7-10,16-17H,1-6,11-13H2,(H,20,21)/t16-,17-/m1/s1. The van der Waals surface area contributed by atoms with Gasteiger partial charge in [-0.1, -0.05) is 37.1 Å². The van der Waals surface area contributed by atoms with Crippen LogP contribution in [0.1, 0.15) is 49.7 Å². The molecule has 0 bridgehead atoms. The minimum atomic E-state index is -0.760. The lowest BCUT2D eigenvalue weighted by Crippen LogP contribution is -2.46. The van der Waals surface area contributed by atoms with E-state index in [0.717, 1.165) is 24.1 Å². The maximum Gasteiger partial charge on any atom is 0.307 e. The van der Waals surface area contributed by atoms with E-state index in [2.05, 4.69) is 17.0 Å². The monoisotopic (exact) mass is 287 g/mol. The Balaban J connectivity index is 1.63. The van der Waals surface area contributed by atoms with Crippen LogP contribution >= 0.6 is 0 Å². The molecule has 0 unspecified atom stereocenters. The Morgan fingerprint density at radius 2 is 1.71 bits per heavy atom. The van der Waals surface area contributed by atoms with Crippen molar-refractivity contribution in [2.75, 3.05) is 6.54 Å². The zero-order valence-corrected chi connectivity index (χ0v) is 12.6. The molecule has 21 heavy (non-hydrogen) atoms. The molecular formula is C18H25NO2. The summed E-state index contributed by atoms with van der Waals surface area (Å²) in [6, 6.07) is 8.92. The molecule has 0 spiro atoms. The molecule has 1 saturated carbocycles. The Labute approximate surface area is 127 Å². The van der Waals surface area contributed by atoms with Gasteiger partial charge in [0.25, 0.3) is 0 Å². The van der Waals surface area contributed by atoms with Crippen molar-refractivity contribution in [2.45, 2.75) is 57.5 Å². The van der Waals surface area contributed by atoms with E-state index >= 15 is 0 Å². The number of carboxylic acids is 1. The normalized spacial score (nSPS) is 26.3. The van der Waals surface area contributed by atoms with Crippen LogP contribution in [0.5, 0.6) is 0 Å². The number of piperidine rings is 1. The fourth-order valence-electron chi connectivity index (χ4n) is 4.10. The molecule has 114 valence electrons. The van der Waals surface area contributed by atoms with E-state index in [9.17, 15) is 4.79 Å². The molecule has 1 aliphatic heterocycles. The predicted molar refractivity (Wildman–Crippen MR) is 83.2 cm³/mol. The first kappa shape index (κ1) is 14.6. The van der Waals surface area contributed by atoms with Crippen molar-refractivity contribution < 1.29 is 9.90 Å². The Morgan fingerprint density at radius 1 is 1.05 bits per heavy atom. The highest BCUT2D eigenvalue weighted by Gasteiger charge is 2.32. The number of aliphatic carboxylic acids is 1. The van der Waals surface area contributed by atoms with Crippen molar-refractivity contribution in [3.63, 3.8) is 0 Å². The van der Waals surface area contributed by atoms with Gasteiger partial charge in [-0.3, -0.25) is 9.69 Å². The van der Waals surface area contributed by atoms with Gasteiger partial charge < -0.3 is 5.11 Å². The lowest BCUT2D eigenvalue weighted by molar-refractivity contribution is -0.136. The summed E-state index contributed by atoms with van der Waals surface area (Å²) in [4.78, 5) is 13.4. The van der Waals surface area contributed by atoms with Gasteiger partial charge in [0, 0.05) is 12.6 Å². The predicted octanol–water partition coefficient (Wildman–Crippen LogP) is 3.47. The van der Waals surface area contributed by atoms with E-state index in [1.807, 2.05) is 12.1 Å². The minimum Gasteiger partial charge on any atom is -0.481 e. The summed E-state index contributed by atoms with van der Waals surface area (Å²) in [6.07, 6.45) is 8.44. The van der Waals surface area contributed by atoms with E-state index in [4.69, 9.17) is 5.11 Å². The SMILES string of the molecule is O=C(O)Cc1ccc(CN2CCC[C@H]3CCCC[C@H]32)cc1. The van der Waals surface area contributed by atoms with Crippen molar-refractivity contribution >= 4 is 5.97 Å². The summed E-state index contributed by atoms with van der Waals surface area (Å²) >= 11 is 0. The minimum absolute atomic E-state index is 0.120. The largest absolute Gasteiger partial charge is 0.481 e. The van der Waals surface area contributed by atoms with Crippen LogP contribution in [0.3, 0.4) is 0 Å². The molecule has 3 heteroatoms. The summed E-state index contributed by atoms with van der Waals surface area (Å²) in [6.45, 7) is 2.24. The highest BCUT2D eigenvalue weighted by Crippen LogP contribution is 2.35. The van der Waals surface area contributed by atoms with Crippen LogP contribution < -0.4 is 0 Å². The van der Waals surface area contributed by atoms with Crippen LogP contribution in [0.15, 0.2) is 24.3 Å². The molecular weight excluding hydrogens is 262 g/mol. The van der Waals surface area contributed by atoms with Crippen LogP contribution in [0.4, 0.5) is 0 Å². The summed E-state index contributed by atoms with van der Waals surface area (Å²) in [5, 5.41) is 8.82. The van der Waals surface area contributed by atoms with Crippen LogP contribution in [0.25, 0.3) is 0 Å². The van der Waals surface area contributed by atoms with E-state index < -0.39 is 5.97 Å². The first-order valence-electron chi connectivity index (χ1n) is 8.26. The number of hydrogen-bond donors (Lipinski definition) is 1. The molecule has 1 aromatic carbocycles. The van der Waals surface area contributed by atoms with Gasteiger partial charge in [-0.05, 0) is 49.3 Å². The highest BCUT2D eigenvalue weighted by atomic mass is 16.4. The molecule has 2 atom stereocenters. The number of fused-ring (bicyclic) bond motifs is 1. The number of hydrogen-bond acceptors (Lipinski definition) is 2. The third-order valence-electron chi connectivity index (χ3n) is 5.12. The number of carboxylic acid groups (broad SMARTS) is 1. The Hall–Kier alpha value is -1.35. The fourth-order valence-corrected chi connectivity index (χ4v) is 4.10. The Kier molecular flexibility index (Phi) is 4.59. The molecule has 0 radical (unpaired) electrons. The molecule has 0 amide bonds. The quantitative estimate of drug-likeness (QED) is 0.922. The maximum absolute atomic E-state index is 10.7. The van der Waals surface area contributed by atoms with Gasteiger partial charge in [0.15, 0.2) is 0 Å². The van der Waals surface area contributed by atoms with Gasteiger partial charge in [0.1, 0.15) is 0 Å². The smallest absolute Gasteiger partial charge is 0.307 e. The van der Waals surface area contributed by atoms with Gasteiger partial charge in [0.05, 0.1) is 6.42 Å². The number of likely N-dealkylation sites (tertiary alicyclic amines) is 1. The molecule has 1 aliphatic carbocycles. The fraction of sp³-hybridized carbons (Fsp3) is 0.611. The molecule has 2 fully saturated rings. The van der Waals surface area contributed by atoms with Gasteiger partial charge >= 0.3 is 5.97 Å².